The SMILES string of the molecule is Nc1cccc(CNc2cccc(-c3ccc(C(=O)OCC(=O)O)s3)c2)c1. The summed E-state index contributed by atoms with van der Waals surface area (Å²) >= 11 is 1.26. The third-order valence-corrected chi connectivity index (χ3v) is 4.84. The molecule has 138 valence electrons. The first-order chi connectivity index (χ1) is 13.0. The van der Waals surface area contributed by atoms with Crippen molar-refractivity contribution in [3.63, 3.8) is 0 Å². The van der Waals surface area contributed by atoms with Crippen molar-refractivity contribution in [2.75, 3.05) is 17.7 Å². The minimum Gasteiger partial charge on any atom is -0.479 e. The molecular formula is C20H18N2O4S. The van der Waals surface area contributed by atoms with Gasteiger partial charge in [-0.15, -0.1) is 11.3 Å². The Kier molecular flexibility index (Phi) is 5.73. The van der Waals surface area contributed by atoms with Crippen LogP contribution in [0.5, 0.6) is 0 Å². The summed E-state index contributed by atoms with van der Waals surface area (Å²) in [5.74, 6) is -1.82. The molecule has 3 rings (SSSR count). The minimum atomic E-state index is -1.18. The van der Waals surface area contributed by atoms with E-state index in [1.54, 1.807) is 6.07 Å². The Labute approximate surface area is 160 Å². The zero-order chi connectivity index (χ0) is 19.2. The van der Waals surface area contributed by atoms with Gasteiger partial charge >= 0.3 is 11.9 Å². The third kappa shape index (κ3) is 5.08. The fourth-order valence-corrected chi connectivity index (χ4v) is 3.39. The lowest BCUT2D eigenvalue weighted by Crippen LogP contribution is -2.11. The summed E-state index contributed by atoms with van der Waals surface area (Å²) in [5, 5.41) is 11.9. The average Bonchev–Trinajstić information content (AvgIpc) is 3.15. The number of aliphatic carboxylic acids is 1. The molecule has 7 heteroatoms. The molecule has 6 nitrogen and oxygen atoms in total. The molecule has 0 saturated heterocycles. The number of anilines is 2. The normalized spacial score (nSPS) is 10.4. The highest BCUT2D eigenvalue weighted by molar-refractivity contribution is 7.17. The molecule has 0 aliphatic rings. The van der Waals surface area contributed by atoms with E-state index in [1.165, 1.54) is 11.3 Å². The fraction of sp³-hybridized carbons (Fsp3) is 0.100. The Morgan fingerprint density at radius 3 is 2.67 bits per heavy atom. The van der Waals surface area contributed by atoms with Crippen molar-refractivity contribution in [3.05, 3.63) is 71.1 Å². The van der Waals surface area contributed by atoms with Crippen LogP contribution in [0.4, 0.5) is 11.4 Å². The minimum absolute atomic E-state index is 0.365. The lowest BCUT2D eigenvalue weighted by Gasteiger charge is -2.08. The maximum absolute atomic E-state index is 11.8. The molecule has 3 aromatic rings. The maximum atomic E-state index is 11.8. The lowest BCUT2D eigenvalue weighted by atomic mass is 10.1. The maximum Gasteiger partial charge on any atom is 0.348 e. The molecule has 0 saturated carbocycles. The van der Waals surface area contributed by atoms with Gasteiger partial charge in [-0.2, -0.15) is 0 Å². The van der Waals surface area contributed by atoms with Crippen LogP contribution in [-0.2, 0) is 16.1 Å². The Morgan fingerprint density at radius 1 is 1.07 bits per heavy atom. The number of carboxylic acids is 1. The van der Waals surface area contributed by atoms with Crippen LogP contribution in [-0.4, -0.2) is 23.7 Å². The molecule has 1 aromatic heterocycles. The second-order valence-electron chi connectivity index (χ2n) is 5.81. The van der Waals surface area contributed by atoms with E-state index in [2.05, 4.69) is 5.32 Å². The Morgan fingerprint density at radius 2 is 1.89 bits per heavy atom. The number of carbonyl (C=O) groups is 2. The van der Waals surface area contributed by atoms with Crippen molar-refractivity contribution in [1.82, 2.24) is 0 Å². The molecule has 0 fully saturated rings. The summed E-state index contributed by atoms with van der Waals surface area (Å²) in [4.78, 5) is 23.6. The number of ether oxygens (including phenoxy) is 1. The molecule has 0 amide bonds. The highest BCUT2D eigenvalue weighted by atomic mass is 32.1. The first kappa shape index (κ1) is 18.5. The molecule has 0 unspecified atom stereocenters. The second-order valence-corrected chi connectivity index (χ2v) is 6.90. The van der Waals surface area contributed by atoms with E-state index < -0.39 is 18.5 Å². The number of carbonyl (C=O) groups excluding carboxylic acids is 1. The molecule has 0 atom stereocenters. The highest BCUT2D eigenvalue weighted by Crippen LogP contribution is 2.30. The number of hydrogen-bond donors (Lipinski definition) is 3. The lowest BCUT2D eigenvalue weighted by molar-refractivity contribution is -0.140. The average molecular weight is 382 g/mol. The van der Waals surface area contributed by atoms with Gasteiger partial charge in [0.15, 0.2) is 6.61 Å². The van der Waals surface area contributed by atoms with Gasteiger partial charge in [0.1, 0.15) is 4.88 Å². The van der Waals surface area contributed by atoms with Gasteiger partial charge in [0, 0.05) is 22.8 Å². The largest absolute Gasteiger partial charge is 0.479 e. The van der Waals surface area contributed by atoms with E-state index >= 15 is 0 Å². The fourth-order valence-electron chi connectivity index (χ4n) is 2.49. The predicted molar refractivity (Wildman–Crippen MR) is 106 cm³/mol. The molecule has 0 spiro atoms. The van der Waals surface area contributed by atoms with Crippen molar-refractivity contribution in [3.8, 4) is 10.4 Å². The Bertz CT molecular complexity index is 968. The van der Waals surface area contributed by atoms with Crippen molar-refractivity contribution in [2.45, 2.75) is 6.54 Å². The number of benzene rings is 2. The second kappa shape index (κ2) is 8.37. The third-order valence-electron chi connectivity index (χ3n) is 3.73. The van der Waals surface area contributed by atoms with Gasteiger partial charge in [0.05, 0.1) is 0 Å². The van der Waals surface area contributed by atoms with Crippen LogP contribution < -0.4 is 11.1 Å². The zero-order valence-corrected chi connectivity index (χ0v) is 15.2. The van der Waals surface area contributed by atoms with Crippen molar-refractivity contribution >= 4 is 34.7 Å². The molecule has 1 heterocycles. The molecule has 0 bridgehead atoms. The van der Waals surface area contributed by atoms with Crippen molar-refractivity contribution < 1.29 is 19.4 Å². The number of carboxylic acid groups (broad SMARTS) is 1. The number of rotatable bonds is 7. The van der Waals surface area contributed by atoms with E-state index in [1.807, 2.05) is 54.6 Å². The quantitative estimate of drug-likeness (QED) is 0.424. The van der Waals surface area contributed by atoms with Crippen molar-refractivity contribution in [1.29, 1.82) is 0 Å². The van der Waals surface area contributed by atoms with E-state index in [-0.39, 0.29) is 0 Å². The van der Waals surface area contributed by atoms with Gasteiger partial charge < -0.3 is 20.9 Å². The van der Waals surface area contributed by atoms with Gasteiger partial charge in [-0.25, -0.2) is 9.59 Å². The molecular weight excluding hydrogens is 364 g/mol. The molecule has 0 aliphatic heterocycles. The van der Waals surface area contributed by atoms with Gasteiger partial charge in [-0.3, -0.25) is 0 Å². The summed E-state index contributed by atoms with van der Waals surface area (Å²) in [6, 6.07) is 19.0. The van der Waals surface area contributed by atoms with Gasteiger partial charge in [0.25, 0.3) is 0 Å². The Balaban J connectivity index is 1.68. The van der Waals surface area contributed by atoms with Crippen LogP contribution in [0.25, 0.3) is 10.4 Å². The van der Waals surface area contributed by atoms with E-state index in [0.29, 0.717) is 11.4 Å². The number of nitrogens with two attached hydrogens (primary N) is 1. The first-order valence-corrected chi connectivity index (χ1v) is 9.00. The van der Waals surface area contributed by atoms with Gasteiger partial charge in [-0.05, 0) is 47.5 Å². The molecule has 0 aliphatic carbocycles. The summed E-state index contributed by atoms with van der Waals surface area (Å²) in [6.07, 6.45) is 0. The predicted octanol–water partition coefficient (Wildman–Crippen LogP) is 3.85. The summed E-state index contributed by atoms with van der Waals surface area (Å²) in [6.45, 7) is 0.00116. The summed E-state index contributed by atoms with van der Waals surface area (Å²) in [5.41, 5.74) is 9.50. The molecule has 27 heavy (non-hydrogen) atoms. The van der Waals surface area contributed by atoms with Gasteiger partial charge in [-0.1, -0.05) is 24.3 Å². The van der Waals surface area contributed by atoms with Crippen molar-refractivity contribution in [2.24, 2.45) is 0 Å². The topological polar surface area (TPSA) is 102 Å². The first-order valence-electron chi connectivity index (χ1n) is 8.19. The van der Waals surface area contributed by atoms with Crippen LogP contribution in [0.3, 0.4) is 0 Å². The Hall–Kier alpha value is -3.32. The van der Waals surface area contributed by atoms with E-state index in [4.69, 9.17) is 15.6 Å². The summed E-state index contributed by atoms with van der Waals surface area (Å²) in [7, 11) is 0. The number of nitrogens with one attached hydrogen (secondary N) is 1. The van der Waals surface area contributed by atoms with E-state index in [9.17, 15) is 9.59 Å². The standard InChI is InChI=1S/C20H18N2O4S/c21-15-5-1-3-13(9-15)11-22-16-6-2-4-14(10-16)17-7-8-18(27-17)20(25)26-12-19(23)24/h1-10,22H,11-12,21H2,(H,23,24). The van der Waals surface area contributed by atoms with Crippen LogP contribution in [0.15, 0.2) is 60.7 Å². The molecule has 2 aromatic carbocycles. The van der Waals surface area contributed by atoms with E-state index in [0.717, 1.165) is 27.4 Å². The monoisotopic (exact) mass is 382 g/mol. The van der Waals surface area contributed by atoms with Crippen LogP contribution in [0, 0.1) is 0 Å². The number of hydrogen-bond acceptors (Lipinski definition) is 6. The molecule has 0 radical (unpaired) electrons. The molecule has 4 N–H and O–H groups in total. The highest BCUT2D eigenvalue weighted by Gasteiger charge is 2.13. The van der Waals surface area contributed by atoms with Crippen LogP contribution >= 0.6 is 11.3 Å². The summed E-state index contributed by atoms with van der Waals surface area (Å²) < 4.78 is 4.71. The number of nitrogen functional groups attached to an aromatic ring is 1. The smallest absolute Gasteiger partial charge is 0.348 e. The number of esters is 1. The van der Waals surface area contributed by atoms with Crippen LogP contribution in [0.1, 0.15) is 15.2 Å². The van der Waals surface area contributed by atoms with Crippen LogP contribution in [0.2, 0.25) is 0 Å². The zero-order valence-electron chi connectivity index (χ0n) is 14.3. The van der Waals surface area contributed by atoms with Gasteiger partial charge in [0.2, 0.25) is 0 Å². The number of thiophene rings is 1.